The fourth-order valence-electron chi connectivity index (χ4n) is 3.66. The second-order valence-corrected chi connectivity index (χ2v) is 9.37. The van der Waals surface area contributed by atoms with Gasteiger partial charge in [0.15, 0.2) is 11.4 Å². The Morgan fingerprint density at radius 1 is 1.03 bits per heavy atom. The SMILES string of the molecule is CC(C)(C)c1cc(NC(=O)Nc2cccc(Oc3ccnc4[nH]c(=O)[nH]c34)c2)n(-c2ccc(F)cc2)n1. The van der Waals surface area contributed by atoms with Gasteiger partial charge in [-0.1, -0.05) is 26.8 Å². The summed E-state index contributed by atoms with van der Waals surface area (Å²) in [5.74, 6) is 0.912. The first-order chi connectivity index (χ1) is 17.7. The van der Waals surface area contributed by atoms with Crippen molar-refractivity contribution in [3.05, 3.63) is 88.9 Å². The highest BCUT2D eigenvalue weighted by atomic mass is 19.1. The van der Waals surface area contributed by atoms with Crippen molar-refractivity contribution in [2.75, 3.05) is 10.6 Å². The molecule has 0 aliphatic heterocycles. The van der Waals surface area contributed by atoms with Crippen molar-refractivity contribution in [2.24, 2.45) is 0 Å². The molecule has 5 rings (SSSR count). The zero-order valence-corrected chi connectivity index (χ0v) is 20.3. The van der Waals surface area contributed by atoms with Gasteiger partial charge in [-0.05, 0) is 36.4 Å². The van der Waals surface area contributed by atoms with Gasteiger partial charge in [-0.15, -0.1) is 0 Å². The summed E-state index contributed by atoms with van der Waals surface area (Å²) >= 11 is 0. The van der Waals surface area contributed by atoms with Crippen LogP contribution in [0.5, 0.6) is 11.5 Å². The molecule has 0 saturated heterocycles. The highest BCUT2D eigenvalue weighted by Gasteiger charge is 2.21. The van der Waals surface area contributed by atoms with Gasteiger partial charge in [-0.25, -0.2) is 23.6 Å². The quantitative estimate of drug-likeness (QED) is 0.259. The molecular weight excluding hydrogens is 477 g/mol. The van der Waals surface area contributed by atoms with Gasteiger partial charge in [-0.3, -0.25) is 10.3 Å². The molecule has 2 amide bonds. The molecule has 10 nitrogen and oxygen atoms in total. The van der Waals surface area contributed by atoms with E-state index in [0.717, 1.165) is 5.69 Å². The van der Waals surface area contributed by atoms with Crippen LogP contribution < -0.4 is 21.1 Å². The molecule has 0 aliphatic rings. The van der Waals surface area contributed by atoms with E-state index in [1.807, 2.05) is 20.8 Å². The molecule has 0 unspecified atom stereocenters. The maximum absolute atomic E-state index is 13.5. The summed E-state index contributed by atoms with van der Waals surface area (Å²) in [6, 6.07) is 15.6. The first-order valence-corrected chi connectivity index (χ1v) is 11.5. The number of anilines is 2. The first kappa shape index (κ1) is 23.8. The summed E-state index contributed by atoms with van der Waals surface area (Å²) in [6.45, 7) is 6.04. The van der Waals surface area contributed by atoms with Crippen molar-refractivity contribution < 1.29 is 13.9 Å². The molecule has 188 valence electrons. The molecule has 0 bridgehead atoms. The van der Waals surface area contributed by atoms with Crippen molar-refractivity contribution in [3.8, 4) is 17.2 Å². The minimum atomic E-state index is -0.498. The highest BCUT2D eigenvalue weighted by molar-refractivity contribution is 5.99. The van der Waals surface area contributed by atoms with E-state index in [9.17, 15) is 14.0 Å². The molecule has 5 aromatic rings. The van der Waals surface area contributed by atoms with E-state index in [4.69, 9.17) is 4.74 Å². The Balaban J connectivity index is 1.36. The van der Waals surface area contributed by atoms with Gasteiger partial charge in [0.25, 0.3) is 0 Å². The smallest absolute Gasteiger partial charge is 0.325 e. The fraction of sp³-hybridized carbons (Fsp3) is 0.154. The number of aromatic nitrogens is 5. The van der Waals surface area contributed by atoms with E-state index in [1.165, 1.54) is 18.3 Å². The molecule has 2 aromatic carbocycles. The lowest BCUT2D eigenvalue weighted by atomic mass is 9.92. The van der Waals surface area contributed by atoms with Crippen LogP contribution in [0.1, 0.15) is 26.5 Å². The Morgan fingerprint density at radius 2 is 1.81 bits per heavy atom. The molecule has 0 aliphatic carbocycles. The Hall–Kier alpha value is -4.93. The lowest BCUT2D eigenvalue weighted by Gasteiger charge is -2.14. The van der Waals surface area contributed by atoms with Crippen LogP contribution >= 0.6 is 0 Å². The monoisotopic (exact) mass is 501 g/mol. The first-order valence-electron chi connectivity index (χ1n) is 11.5. The number of nitrogens with zero attached hydrogens (tertiary/aromatic N) is 3. The number of carbonyl (C=O) groups excluding carboxylic acids is 1. The zero-order valence-electron chi connectivity index (χ0n) is 20.3. The number of fused-ring (bicyclic) bond motifs is 1. The van der Waals surface area contributed by atoms with E-state index in [0.29, 0.717) is 39.9 Å². The predicted molar refractivity (Wildman–Crippen MR) is 138 cm³/mol. The van der Waals surface area contributed by atoms with Crippen molar-refractivity contribution in [2.45, 2.75) is 26.2 Å². The lowest BCUT2D eigenvalue weighted by molar-refractivity contribution is 0.262. The Kier molecular flexibility index (Phi) is 5.96. The topological polar surface area (TPSA) is 130 Å². The average Bonchev–Trinajstić information content (AvgIpc) is 3.43. The number of carbonyl (C=O) groups is 1. The lowest BCUT2D eigenvalue weighted by Crippen LogP contribution is -2.21. The number of benzene rings is 2. The summed E-state index contributed by atoms with van der Waals surface area (Å²) in [7, 11) is 0. The molecule has 3 heterocycles. The number of pyridine rings is 1. The molecule has 0 atom stereocenters. The van der Waals surface area contributed by atoms with E-state index in [1.54, 1.807) is 53.2 Å². The molecule has 0 radical (unpaired) electrons. The van der Waals surface area contributed by atoms with Crippen molar-refractivity contribution in [3.63, 3.8) is 0 Å². The minimum absolute atomic E-state index is 0.272. The standard InChI is InChI=1S/C26H24FN7O3/c1-26(2,3)20-14-21(34(33-20)17-9-7-15(27)8-10-17)30-24(35)29-16-5-4-6-18(13-16)37-19-11-12-28-23-22(19)31-25(36)32-23/h4-14H,1-3H3,(H2,29,30,35)(H2,28,31,32,36). The zero-order chi connectivity index (χ0) is 26.2. The number of amides is 2. The van der Waals surface area contributed by atoms with Gasteiger partial charge in [0, 0.05) is 35.5 Å². The van der Waals surface area contributed by atoms with Gasteiger partial charge >= 0.3 is 11.7 Å². The number of halogens is 1. The number of urea groups is 1. The predicted octanol–water partition coefficient (Wildman–Crippen LogP) is 5.31. The molecule has 37 heavy (non-hydrogen) atoms. The van der Waals surface area contributed by atoms with Crippen molar-refractivity contribution in [1.29, 1.82) is 0 Å². The number of imidazole rings is 1. The summed E-state index contributed by atoms with van der Waals surface area (Å²) in [6.07, 6.45) is 1.52. The Morgan fingerprint density at radius 3 is 2.57 bits per heavy atom. The van der Waals surface area contributed by atoms with Crippen LogP contribution in [0.3, 0.4) is 0 Å². The third kappa shape index (κ3) is 5.20. The highest BCUT2D eigenvalue weighted by Crippen LogP contribution is 2.29. The third-order valence-corrected chi connectivity index (χ3v) is 5.49. The molecule has 0 saturated carbocycles. The van der Waals surface area contributed by atoms with Gasteiger partial charge in [0.1, 0.15) is 22.9 Å². The maximum Gasteiger partial charge on any atom is 0.325 e. The molecular formula is C26H24FN7O3. The number of H-pyrrole nitrogens is 2. The van der Waals surface area contributed by atoms with Crippen LogP contribution in [0.25, 0.3) is 16.9 Å². The normalized spacial score (nSPS) is 11.5. The summed E-state index contributed by atoms with van der Waals surface area (Å²) in [5.41, 5.74) is 2.00. The maximum atomic E-state index is 13.5. The second kappa shape index (κ2) is 9.26. The summed E-state index contributed by atoms with van der Waals surface area (Å²) < 4.78 is 20.9. The number of aromatic amines is 2. The van der Waals surface area contributed by atoms with Crippen LogP contribution in [0.4, 0.5) is 20.7 Å². The van der Waals surface area contributed by atoms with E-state index < -0.39 is 6.03 Å². The Labute approximate surface area is 210 Å². The number of hydrogen-bond acceptors (Lipinski definition) is 5. The molecule has 0 spiro atoms. The second-order valence-electron chi connectivity index (χ2n) is 9.37. The van der Waals surface area contributed by atoms with Crippen LogP contribution in [-0.4, -0.2) is 30.8 Å². The molecule has 11 heteroatoms. The fourth-order valence-corrected chi connectivity index (χ4v) is 3.66. The van der Waals surface area contributed by atoms with Crippen LogP contribution in [-0.2, 0) is 5.41 Å². The van der Waals surface area contributed by atoms with Crippen LogP contribution in [0, 0.1) is 5.82 Å². The van der Waals surface area contributed by atoms with Gasteiger partial charge in [0.2, 0.25) is 0 Å². The van der Waals surface area contributed by atoms with E-state index in [-0.39, 0.29) is 16.9 Å². The number of hydrogen-bond donors (Lipinski definition) is 4. The van der Waals surface area contributed by atoms with Crippen molar-refractivity contribution >= 4 is 28.7 Å². The summed E-state index contributed by atoms with van der Waals surface area (Å²) in [5, 5.41) is 10.2. The van der Waals surface area contributed by atoms with E-state index >= 15 is 0 Å². The molecule has 4 N–H and O–H groups in total. The van der Waals surface area contributed by atoms with Gasteiger partial charge in [0.05, 0.1) is 11.4 Å². The third-order valence-electron chi connectivity index (χ3n) is 5.49. The van der Waals surface area contributed by atoms with Gasteiger partial charge in [-0.2, -0.15) is 5.10 Å². The van der Waals surface area contributed by atoms with E-state index in [2.05, 4.69) is 30.7 Å². The largest absolute Gasteiger partial charge is 0.455 e. The molecule has 3 aromatic heterocycles. The number of nitrogens with one attached hydrogen (secondary N) is 4. The van der Waals surface area contributed by atoms with Crippen LogP contribution in [0.2, 0.25) is 0 Å². The van der Waals surface area contributed by atoms with Crippen LogP contribution in [0.15, 0.2) is 71.7 Å². The summed E-state index contributed by atoms with van der Waals surface area (Å²) in [4.78, 5) is 33.9. The number of rotatable bonds is 5. The molecule has 0 fully saturated rings. The van der Waals surface area contributed by atoms with Crippen molar-refractivity contribution in [1.82, 2.24) is 24.7 Å². The van der Waals surface area contributed by atoms with Gasteiger partial charge < -0.3 is 15.0 Å². The Bertz CT molecular complexity index is 1650. The minimum Gasteiger partial charge on any atom is -0.455 e. The average molecular weight is 502 g/mol. The number of ether oxygens (including phenoxy) is 1.